The van der Waals surface area contributed by atoms with Gasteiger partial charge in [-0.1, -0.05) is 54.6 Å². The summed E-state index contributed by atoms with van der Waals surface area (Å²) in [5, 5.41) is 0. The highest BCUT2D eigenvalue weighted by Crippen LogP contribution is 2.40. The largest absolute Gasteiger partial charge is 0.376 e. The van der Waals surface area contributed by atoms with Crippen molar-refractivity contribution in [3.63, 3.8) is 0 Å². The third-order valence-corrected chi connectivity index (χ3v) is 6.07. The molecule has 0 radical (unpaired) electrons. The second kappa shape index (κ2) is 7.72. The van der Waals surface area contributed by atoms with E-state index in [1.807, 2.05) is 0 Å². The number of unbranched alkanes of at least 4 members (excludes halogenated alkanes) is 1. The Kier molecular flexibility index (Phi) is 5.19. The molecule has 0 bridgehead atoms. The van der Waals surface area contributed by atoms with Gasteiger partial charge in [-0.05, 0) is 68.4 Å². The number of benzene rings is 2. The van der Waals surface area contributed by atoms with Gasteiger partial charge < -0.3 is 9.64 Å². The van der Waals surface area contributed by atoms with Gasteiger partial charge in [0.1, 0.15) is 0 Å². The molecule has 0 aliphatic carbocycles. The number of ether oxygens (including phenoxy) is 1. The molecule has 2 nitrogen and oxygen atoms in total. The van der Waals surface area contributed by atoms with Crippen LogP contribution in [0.1, 0.15) is 42.4 Å². The third-order valence-electron chi connectivity index (χ3n) is 6.07. The van der Waals surface area contributed by atoms with Crippen LogP contribution in [-0.2, 0) is 23.2 Å². The van der Waals surface area contributed by atoms with Crippen LogP contribution in [0.3, 0.4) is 0 Å². The minimum absolute atomic E-state index is 0.273. The molecule has 132 valence electrons. The highest BCUT2D eigenvalue weighted by atomic mass is 16.5. The molecular formula is C23H29NO. The Morgan fingerprint density at radius 1 is 0.880 bits per heavy atom. The van der Waals surface area contributed by atoms with Crippen LogP contribution < -0.4 is 0 Å². The molecule has 25 heavy (non-hydrogen) atoms. The average molecular weight is 335 g/mol. The van der Waals surface area contributed by atoms with Gasteiger partial charge in [0.05, 0.1) is 13.2 Å². The van der Waals surface area contributed by atoms with Crippen LogP contribution in [0.25, 0.3) is 0 Å². The van der Waals surface area contributed by atoms with Gasteiger partial charge in [-0.3, -0.25) is 0 Å². The first kappa shape index (κ1) is 16.8. The molecule has 0 unspecified atom stereocenters. The van der Waals surface area contributed by atoms with Crippen LogP contribution in [0.2, 0.25) is 0 Å². The Labute approximate surface area is 151 Å². The normalized spacial score (nSPS) is 19.7. The fraction of sp³-hybridized carbons (Fsp3) is 0.478. The van der Waals surface area contributed by atoms with E-state index in [0.717, 1.165) is 13.2 Å². The zero-order valence-corrected chi connectivity index (χ0v) is 15.1. The molecule has 4 rings (SSSR count). The molecule has 2 aromatic rings. The van der Waals surface area contributed by atoms with Gasteiger partial charge >= 0.3 is 0 Å². The quantitative estimate of drug-likeness (QED) is 0.742. The van der Waals surface area contributed by atoms with Crippen LogP contribution in [0.15, 0.2) is 54.6 Å². The highest BCUT2D eigenvalue weighted by Gasteiger charge is 2.39. The Hall–Kier alpha value is -1.64. The van der Waals surface area contributed by atoms with Gasteiger partial charge in [0.25, 0.3) is 0 Å². The van der Waals surface area contributed by atoms with Crippen molar-refractivity contribution in [3.8, 4) is 0 Å². The molecule has 0 atom stereocenters. The van der Waals surface area contributed by atoms with Gasteiger partial charge in [-0.2, -0.15) is 0 Å². The summed E-state index contributed by atoms with van der Waals surface area (Å²) in [7, 11) is 0. The Morgan fingerprint density at radius 3 is 2.48 bits per heavy atom. The van der Waals surface area contributed by atoms with Crippen LogP contribution in [-0.4, -0.2) is 31.1 Å². The van der Waals surface area contributed by atoms with E-state index >= 15 is 0 Å². The van der Waals surface area contributed by atoms with Crippen LogP contribution in [0.5, 0.6) is 0 Å². The molecule has 2 aliphatic heterocycles. The summed E-state index contributed by atoms with van der Waals surface area (Å²) in [5.74, 6) is 0. The van der Waals surface area contributed by atoms with E-state index in [0.29, 0.717) is 0 Å². The Bertz CT molecular complexity index is 674. The number of hydrogen-bond donors (Lipinski definition) is 0. The molecule has 2 aliphatic rings. The Morgan fingerprint density at radius 2 is 1.64 bits per heavy atom. The van der Waals surface area contributed by atoms with E-state index in [-0.39, 0.29) is 5.41 Å². The smallest absolute Gasteiger partial charge is 0.0720 e. The fourth-order valence-corrected chi connectivity index (χ4v) is 4.53. The van der Waals surface area contributed by atoms with E-state index in [4.69, 9.17) is 4.74 Å². The van der Waals surface area contributed by atoms with Crippen molar-refractivity contribution in [2.45, 2.75) is 44.1 Å². The van der Waals surface area contributed by atoms with Crippen molar-refractivity contribution in [2.24, 2.45) is 0 Å². The van der Waals surface area contributed by atoms with Gasteiger partial charge in [-0.15, -0.1) is 0 Å². The van der Waals surface area contributed by atoms with E-state index < -0.39 is 0 Å². The average Bonchev–Trinajstić information content (AvgIpc) is 2.68. The summed E-state index contributed by atoms with van der Waals surface area (Å²) in [6.07, 6.45) is 6.28. The maximum absolute atomic E-state index is 5.95. The summed E-state index contributed by atoms with van der Waals surface area (Å²) < 4.78 is 5.95. The summed E-state index contributed by atoms with van der Waals surface area (Å²) in [4.78, 5) is 2.66. The van der Waals surface area contributed by atoms with Gasteiger partial charge in [0.15, 0.2) is 0 Å². The number of fused-ring (bicyclic) bond motifs is 2. The fourth-order valence-electron chi connectivity index (χ4n) is 4.53. The minimum Gasteiger partial charge on any atom is -0.376 e. The maximum atomic E-state index is 5.95. The Balaban J connectivity index is 1.26. The second-order valence-electron chi connectivity index (χ2n) is 7.71. The summed E-state index contributed by atoms with van der Waals surface area (Å²) in [5.41, 5.74) is 4.71. The lowest BCUT2D eigenvalue weighted by atomic mass is 9.70. The van der Waals surface area contributed by atoms with Crippen LogP contribution >= 0.6 is 0 Å². The molecule has 2 heterocycles. The number of piperidine rings is 1. The van der Waals surface area contributed by atoms with E-state index in [1.54, 1.807) is 5.56 Å². The molecule has 1 saturated heterocycles. The third kappa shape index (κ3) is 3.80. The molecule has 0 amide bonds. The zero-order valence-electron chi connectivity index (χ0n) is 15.1. The number of rotatable bonds is 5. The molecule has 2 aromatic carbocycles. The van der Waals surface area contributed by atoms with Gasteiger partial charge in [0.2, 0.25) is 0 Å². The predicted octanol–water partition coefficient (Wildman–Crippen LogP) is 4.57. The van der Waals surface area contributed by atoms with Crippen molar-refractivity contribution in [3.05, 3.63) is 71.3 Å². The van der Waals surface area contributed by atoms with Crippen molar-refractivity contribution >= 4 is 0 Å². The number of hydrogen-bond acceptors (Lipinski definition) is 2. The summed E-state index contributed by atoms with van der Waals surface area (Å²) in [6, 6.07) is 19.8. The lowest BCUT2D eigenvalue weighted by Gasteiger charge is -2.45. The predicted molar refractivity (Wildman–Crippen MR) is 103 cm³/mol. The summed E-state index contributed by atoms with van der Waals surface area (Å²) >= 11 is 0. The number of nitrogens with zero attached hydrogens (tertiary/aromatic N) is 1. The minimum atomic E-state index is 0.273. The molecule has 1 fully saturated rings. The monoisotopic (exact) mass is 335 g/mol. The molecule has 0 aromatic heterocycles. The van der Waals surface area contributed by atoms with Crippen molar-refractivity contribution < 1.29 is 4.74 Å². The van der Waals surface area contributed by atoms with E-state index in [9.17, 15) is 0 Å². The summed E-state index contributed by atoms with van der Waals surface area (Å²) in [6.45, 7) is 5.37. The topological polar surface area (TPSA) is 12.5 Å². The first-order chi connectivity index (χ1) is 12.4. The number of aryl methyl sites for hydroxylation is 1. The first-order valence-electron chi connectivity index (χ1n) is 9.78. The standard InChI is InChI=1S/C23H29NO/c1-2-8-20(9-3-1)10-6-7-15-24-16-13-23(14-17-24)19-25-18-21-11-4-5-12-22(21)23/h1-5,8-9,11-12H,6-7,10,13-19H2. The first-order valence-corrected chi connectivity index (χ1v) is 9.78. The molecule has 0 saturated carbocycles. The second-order valence-corrected chi connectivity index (χ2v) is 7.71. The lowest BCUT2D eigenvalue weighted by Crippen LogP contribution is -2.47. The van der Waals surface area contributed by atoms with Gasteiger partial charge in [-0.25, -0.2) is 0 Å². The van der Waals surface area contributed by atoms with Gasteiger partial charge in [0, 0.05) is 5.41 Å². The van der Waals surface area contributed by atoms with Crippen molar-refractivity contribution in [1.82, 2.24) is 4.90 Å². The number of likely N-dealkylation sites (tertiary alicyclic amines) is 1. The SMILES string of the molecule is c1ccc(CCCCN2CCC3(CC2)COCc2ccccc23)cc1. The molecule has 2 heteroatoms. The van der Waals surface area contributed by atoms with E-state index in [1.165, 1.54) is 62.9 Å². The van der Waals surface area contributed by atoms with Crippen LogP contribution in [0.4, 0.5) is 0 Å². The maximum Gasteiger partial charge on any atom is 0.0720 e. The zero-order chi connectivity index (χ0) is 17.0. The molecule has 1 spiro atoms. The molecular weight excluding hydrogens is 306 g/mol. The van der Waals surface area contributed by atoms with E-state index in [2.05, 4.69) is 59.5 Å². The van der Waals surface area contributed by atoms with Crippen LogP contribution in [0, 0.1) is 0 Å². The molecule has 0 N–H and O–H groups in total. The lowest BCUT2D eigenvalue weighted by molar-refractivity contribution is 0.0185. The van der Waals surface area contributed by atoms with Crippen molar-refractivity contribution in [1.29, 1.82) is 0 Å². The highest BCUT2D eigenvalue weighted by molar-refractivity contribution is 5.36. The van der Waals surface area contributed by atoms with Crippen molar-refractivity contribution in [2.75, 3.05) is 26.2 Å².